The third kappa shape index (κ3) is 3.53. The number of halogens is 1. The normalized spacial score (nSPS) is 12.4. The summed E-state index contributed by atoms with van der Waals surface area (Å²) in [4.78, 5) is 13.2. The van der Waals surface area contributed by atoms with Crippen molar-refractivity contribution in [3.63, 3.8) is 0 Å². The average molecular weight is 313 g/mol. The van der Waals surface area contributed by atoms with Crippen molar-refractivity contribution in [3.05, 3.63) is 50.7 Å². The molecule has 0 bridgehead atoms. The number of benzene rings is 1. The summed E-state index contributed by atoms with van der Waals surface area (Å²) in [7, 11) is -1.31. The second-order valence-corrected chi connectivity index (χ2v) is 7.43. The van der Waals surface area contributed by atoms with Gasteiger partial charge >= 0.3 is 0 Å². The molecule has 1 aromatic carbocycles. The van der Waals surface area contributed by atoms with Crippen molar-refractivity contribution in [3.8, 4) is 0 Å². The number of ketones is 1. The van der Waals surface area contributed by atoms with Crippen LogP contribution >= 0.6 is 22.9 Å². The average Bonchev–Trinajstić information content (AvgIpc) is 2.79. The first-order valence-corrected chi connectivity index (χ1v) is 8.23. The van der Waals surface area contributed by atoms with Crippen LogP contribution in [0.15, 0.2) is 35.2 Å². The molecular formula is C14H13ClO2S2. The Hall–Kier alpha value is -0.970. The van der Waals surface area contributed by atoms with Crippen molar-refractivity contribution in [2.75, 3.05) is 5.75 Å². The predicted molar refractivity (Wildman–Crippen MR) is 80.9 cm³/mol. The van der Waals surface area contributed by atoms with E-state index in [1.807, 2.05) is 32.0 Å². The second kappa shape index (κ2) is 5.99. The first-order chi connectivity index (χ1) is 8.97. The first-order valence-electron chi connectivity index (χ1n) is 5.71. The highest BCUT2D eigenvalue weighted by atomic mass is 35.5. The van der Waals surface area contributed by atoms with Crippen molar-refractivity contribution >= 4 is 39.5 Å². The molecule has 1 atom stereocenters. The standard InChI is InChI=1S/C14H13ClO2S2/c1-9-3-4-11(7-10(9)2)19(17)8-12(16)13-5-6-14(15)18-13/h3-7H,8H2,1-2H3. The number of carbonyl (C=O) groups excluding carboxylic acids is 1. The van der Waals surface area contributed by atoms with Crippen LogP contribution in [0.5, 0.6) is 0 Å². The molecule has 0 N–H and O–H groups in total. The van der Waals surface area contributed by atoms with Crippen LogP contribution < -0.4 is 0 Å². The third-order valence-electron chi connectivity index (χ3n) is 2.85. The molecule has 0 spiro atoms. The largest absolute Gasteiger partial charge is 0.292 e. The minimum absolute atomic E-state index is 0.000652. The summed E-state index contributed by atoms with van der Waals surface area (Å²) in [6, 6.07) is 8.97. The summed E-state index contributed by atoms with van der Waals surface area (Å²) >= 11 is 7.01. The molecule has 0 saturated heterocycles. The summed E-state index contributed by atoms with van der Waals surface area (Å²) in [5.41, 5.74) is 2.23. The third-order valence-corrected chi connectivity index (χ3v) is 5.43. The molecule has 1 aromatic heterocycles. The van der Waals surface area contributed by atoms with Gasteiger partial charge in [0.25, 0.3) is 0 Å². The van der Waals surface area contributed by atoms with Crippen LogP contribution in [0, 0.1) is 13.8 Å². The molecular weight excluding hydrogens is 300 g/mol. The lowest BCUT2D eigenvalue weighted by atomic mass is 10.1. The van der Waals surface area contributed by atoms with Crippen molar-refractivity contribution in [2.45, 2.75) is 18.7 Å². The van der Waals surface area contributed by atoms with Crippen molar-refractivity contribution in [1.82, 2.24) is 0 Å². The topological polar surface area (TPSA) is 34.1 Å². The van der Waals surface area contributed by atoms with Crippen LogP contribution in [0.4, 0.5) is 0 Å². The molecule has 5 heteroatoms. The number of hydrogen-bond acceptors (Lipinski definition) is 3. The maximum absolute atomic E-state index is 12.2. The quantitative estimate of drug-likeness (QED) is 0.799. The van der Waals surface area contributed by atoms with Gasteiger partial charge in [0, 0.05) is 4.90 Å². The van der Waals surface area contributed by atoms with E-state index in [0.717, 1.165) is 11.1 Å². The zero-order chi connectivity index (χ0) is 14.0. The summed E-state index contributed by atoms with van der Waals surface area (Å²) in [6.07, 6.45) is 0. The van der Waals surface area contributed by atoms with Gasteiger partial charge in [-0.05, 0) is 49.2 Å². The minimum atomic E-state index is -1.31. The van der Waals surface area contributed by atoms with Gasteiger partial charge in [0.1, 0.15) is 0 Å². The van der Waals surface area contributed by atoms with Crippen LogP contribution in [0.3, 0.4) is 0 Å². The Balaban J connectivity index is 2.12. The summed E-state index contributed by atoms with van der Waals surface area (Å²) in [5, 5.41) is 0. The lowest BCUT2D eigenvalue weighted by Crippen LogP contribution is -2.09. The van der Waals surface area contributed by atoms with Crippen molar-refractivity contribution in [2.24, 2.45) is 0 Å². The number of thiophene rings is 1. The number of Topliss-reactive ketones (excluding diaryl/α,β-unsaturated/α-hetero) is 1. The molecule has 1 unspecified atom stereocenters. The molecule has 0 aliphatic rings. The van der Waals surface area contributed by atoms with Gasteiger partial charge in [-0.3, -0.25) is 9.00 Å². The molecule has 2 aromatic rings. The Labute approximate surface area is 123 Å². The Morgan fingerprint density at radius 2 is 1.95 bits per heavy atom. The van der Waals surface area contributed by atoms with E-state index in [-0.39, 0.29) is 11.5 Å². The van der Waals surface area contributed by atoms with Crippen LogP contribution in [-0.4, -0.2) is 15.7 Å². The highest BCUT2D eigenvalue weighted by Gasteiger charge is 2.14. The molecule has 19 heavy (non-hydrogen) atoms. The van der Waals surface area contributed by atoms with Gasteiger partial charge in [0.05, 0.1) is 25.8 Å². The van der Waals surface area contributed by atoms with Gasteiger partial charge in [-0.15, -0.1) is 11.3 Å². The Morgan fingerprint density at radius 3 is 2.53 bits per heavy atom. The van der Waals surface area contributed by atoms with E-state index in [9.17, 15) is 9.00 Å². The number of aryl methyl sites for hydroxylation is 2. The van der Waals surface area contributed by atoms with Gasteiger partial charge in [-0.1, -0.05) is 17.7 Å². The molecule has 0 fully saturated rings. The van der Waals surface area contributed by atoms with Crippen LogP contribution in [0.25, 0.3) is 0 Å². The van der Waals surface area contributed by atoms with Gasteiger partial charge < -0.3 is 0 Å². The van der Waals surface area contributed by atoms with Gasteiger partial charge in [0.2, 0.25) is 0 Å². The smallest absolute Gasteiger partial charge is 0.185 e. The molecule has 2 rings (SSSR count). The SMILES string of the molecule is Cc1ccc(S(=O)CC(=O)c2ccc(Cl)s2)cc1C. The zero-order valence-electron chi connectivity index (χ0n) is 10.6. The van der Waals surface area contributed by atoms with Crippen molar-refractivity contribution in [1.29, 1.82) is 0 Å². The van der Waals surface area contributed by atoms with E-state index in [0.29, 0.717) is 14.1 Å². The van der Waals surface area contributed by atoms with Gasteiger partial charge in [-0.25, -0.2) is 0 Å². The molecule has 1 heterocycles. The van der Waals surface area contributed by atoms with E-state index < -0.39 is 10.8 Å². The maximum atomic E-state index is 12.2. The van der Waals surface area contributed by atoms with Gasteiger partial charge in [0.15, 0.2) is 5.78 Å². The van der Waals surface area contributed by atoms with E-state index in [1.54, 1.807) is 12.1 Å². The predicted octanol–water partition coefficient (Wildman–Crippen LogP) is 4.01. The maximum Gasteiger partial charge on any atom is 0.185 e. The monoisotopic (exact) mass is 312 g/mol. The first kappa shape index (κ1) is 14.4. The Kier molecular flexibility index (Phi) is 4.55. The lowest BCUT2D eigenvalue weighted by molar-refractivity contribution is 0.102. The molecule has 0 aliphatic carbocycles. The van der Waals surface area contributed by atoms with Crippen molar-refractivity contribution < 1.29 is 9.00 Å². The lowest BCUT2D eigenvalue weighted by Gasteiger charge is -2.04. The number of carbonyl (C=O) groups is 1. The summed E-state index contributed by atoms with van der Waals surface area (Å²) < 4.78 is 12.7. The molecule has 2 nitrogen and oxygen atoms in total. The Bertz CT molecular complexity index is 647. The van der Waals surface area contributed by atoms with E-state index in [4.69, 9.17) is 11.6 Å². The van der Waals surface area contributed by atoms with E-state index in [2.05, 4.69) is 0 Å². The zero-order valence-corrected chi connectivity index (χ0v) is 13.0. The van der Waals surface area contributed by atoms with E-state index in [1.165, 1.54) is 11.3 Å². The summed E-state index contributed by atoms with van der Waals surface area (Å²) in [5.74, 6) is -0.132. The fourth-order valence-electron chi connectivity index (χ4n) is 1.59. The molecule has 0 saturated carbocycles. The highest BCUT2D eigenvalue weighted by molar-refractivity contribution is 7.85. The van der Waals surface area contributed by atoms with Crippen LogP contribution in [0.1, 0.15) is 20.8 Å². The molecule has 0 amide bonds. The van der Waals surface area contributed by atoms with Crippen LogP contribution in [-0.2, 0) is 10.8 Å². The minimum Gasteiger partial charge on any atom is -0.292 e. The van der Waals surface area contributed by atoms with Crippen LogP contribution in [0.2, 0.25) is 4.34 Å². The molecule has 0 radical (unpaired) electrons. The van der Waals surface area contributed by atoms with E-state index >= 15 is 0 Å². The van der Waals surface area contributed by atoms with Gasteiger partial charge in [-0.2, -0.15) is 0 Å². The fraction of sp³-hybridized carbons (Fsp3) is 0.214. The number of rotatable bonds is 4. The summed E-state index contributed by atoms with van der Waals surface area (Å²) in [6.45, 7) is 3.97. The number of hydrogen-bond donors (Lipinski definition) is 0. The fourth-order valence-corrected chi connectivity index (χ4v) is 3.75. The Morgan fingerprint density at radius 1 is 1.21 bits per heavy atom. The second-order valence-electron chi connectivity index (χ2n) is 4.26. The molecule has 0 aliphatic heterocycles. The molecule has 100 valence electrons. The highest BCUT2D eigenvalue weighted by Crippen LogP contribution is 2.22.